The molecule has 0 aromatic heterocycles. The Bertz CT molecular complexity index is 1320. The molecule has 0 bridgehead atoms. The Morgan fingerprint density at radius 2 is 1.60 bits per heavy atom. The number of para-hydroxylation sites is 1. The van der Waals surface area contributed by atoms with E-state index < -0.39 is 73.8 Å². The van der Waals surface area contributed by atoms with Gasteiger partial charge < -0.3 is 26.4 Å². The molecule has 1 aliphatic rings. The van der Waals surface area contributed by atoms with Crippen LogP contribution in [0.25, 0.3) is 0 Å². The Balaban J connectivity index is 2.01. The first-order valence-corrected chi connectivity index (χ1v) is 13.2. The van der Waals surface area contributed by atoms with Gasteiger partial charge in [-0.25, -0.2) is 4.99 Å². The SMILES string of the molecule is COCCNc1cccc2c1NC(=O)C(NC(=O)C(CCC(F)(F)F)C(CCC(F)(F)F)C(N)=O)N=C2c1ccccc1. The molecular weight excluding hydrogens is 584 g/mol. The number of amides is 3. The molecule has 1 aliphatic heterocycles. The maximum atomic E-state index is 13.4. The van der Waals surface area contributed by atoms with Crippen LogP contribution < -0.4 is 21.7 Å². The highest BCUT2D eigenvalue weighted by molar-refractivity contribution is 6.21. The van der Waals surface area contributed by atoms with Crippen molar-refractivity contribution in [2.75, 3.05) is 30.9 Å². The van der Waals surface area contributed by atoms with Crippen LogP contribution in [0.1, 0.15) is 36.8 Å². The van der Waals surface area contributed by atoms with E-state index in [-0.39, 0.29) is 5.71 Å². The van der Waals surface area contributed by atoms with Gasteiger partial charge in [-0.15, -0.1) is 0 Å². The van der Waals surface area contributed by atoms with Crippen molar-refractivity contribution in [1.82, 2.24) is 5.32 Å². The molecule has 3 unspecified atom stereocenters. The number of anilines is 2. The minimum absolute atomic E-state index is 0.241. The summed E-state index contributed by atoms with van der Waals surface area (Å²) in [7, 11) is 1.51. The van der Waals surface area contributed by atoms with Crippen molar-refractivity contribution in [3.05, 3.63) is 59.7 Å². The fraction of sp³-hybridized carbons (Fsp3) is 0.429. The number of hydrogen-bond acceptors (Lipinski definition) is 6. The van der Waals surface area contributed by atoms with Crippen LogP contribution in [0.15, 0.2) is 53.5 Å². The second-order valence-electron chi connectivity index (χ2n) is 9.81. The lowest BCUT2D eigenvalue weighted by molar-refractivity contribution is -0.152. The van der Waals surface area contributed by atoms with Crippen molar-refractivity contribution >= 4 is 34.8 Å². The number of methoxy groups -OCH3 is 1. The largest absolute Gasteiger partial charge is 0.389 e. The molecule has 2 aromatic carbocycles. The van der Waals surface area contributed by atoms with Crippen molar-refractivity contribution in [3.8, 4) is 0 Å². The van der Waals surface area contributed by atoms with Crippen LogP contribution >= 0.6 is 0 Å². The van der Waals surface area contributed by atoms with Crippen molar-refractivity contribution < 1.29 is 45.5 Å². The first-order chi connectivity index (χ1) is 20.2. The minimum Gasteiger partial charge on any atom is -0.383 e. The number of nitrogens with zero attached hydrogens (tertiary/aromatic N) is 1. The topological polar surface area (TPSA) is 135 Å². The maximum Gasteiger partial charge on any atom is 0.389 e. The summed E-state index contributed by atoms with van der Waals surface area (Å²) >= 11 is 0. The molecule has 2 aromatic rings. The molecule has 43 heavy (non-hydrogen) atoms. The van der Waals surface area contributed by atoms with Gasteiger partial charge in [0.05, 0.1) is 23.7 Å². The number of carbonyl (C=O) groups is 3. The van der Waals surface area contributed by atoms with E-state index in [1.807, 2.05) is 0 Å². The van der Waals surface area contributed by atoms with Crippen LogP contribution in [0, 0.1) is 11.8 Å². The molecular formula is C28H31F6N5O4. The number of halogens is 6. The number of primary amides is 1. The van der Waals surface area contributed by atoms with Crippen LogP contribution in [0.5, 0.6) is 0 Å². The third-order valence-corrected chi connectivity index (χ3v) is 6.69. The van der Waals surface area contributed by atoms with E-state index in [0.29, 0.717) is 35.7 Å². The first kappa shape index (κ1) is 33.4. The summed E-state index contributed by atoms with van der Waals surface area (Å²) in [5.41, 5.74) is 7.27. The average Bonchev–Trinajstić information content (AvgIpc) is 3.06. The molecule has 0 spiro atoms. The molecule has 3 amide bonds. The van der Waals surface area contributed by atoms with Gasteiger partial charge in [-0.1, -0.05) is 42.5 Å². The number of fused-ring (bicyclic) bond motifs is 1. The standard InChI is InChI=1S/C28H31F6N5O4/c1-43-15-14-36-20-9-5-8-19-21(16-6-3-2-4-7-16)37-24(26(42)38-22(19)20)39-25(41)18(11-13-28(32,33)34)17(23(35)40)10-12-27(29,30)31/h2-9,17-18,24,36H,10-15H2,1H3,(H2,35,40)(H,38,42)(H,39,41). The van der Waals surface area contributed by atoms with Gasteiger partial charge in [0.1, 0.15) is 0 Å². The van der Waals surface area contributed by atoms with E-state index in [0.717, 1.165) is 0 Å². The predicted octanol–water partition coefficient (Wildman–Crippen LogP) is 4.38. The number of nitrogens with one attached hydrogen (secondary N) is 3. The van der Waals surface area contributed by atoms with Gasteiger partial charge in [0.15, 0.2) is 0 Å². The van der Waals surface area contributed by atoms with Crippen LogP contribution in [-0.2, 0) is 19.1 Å². The summed E-state index contributed by atoms with van der Waals surface area (Å²) in [5, 5.41) is 8.04. The zero-order valence-corrected chi connectivity index (χ0v) is 23.0. The molecule has 3 atom stereocenters. The summed E-state index contributed by atoms with van der Waals surface area (Å²) in [6, 6.07) is 13.6. The molecule has 5 N–H and O–H groups in total. The Morgan fingerprint density at radius 3 is 2.19 bits per heavy atom. The summed E-state index contributed by atoms with van der Waals surface area (Å²) in [5.74, 6) is -7.31. The smallest absolute Gasteiger partial charge is 0.383 e. The van der Waals surface area contributed by atoms with Gasteiger partial charge in [0.25, 0.3) is 5.91 Å². The molecule has 1 heterocycles. The number of alkyl halides is 6. The van der Waals surface area contributed by atoms with Crippen molar-refractivity contribution in [2.24, 2.45) is 22.6 Å². The van der Waals surface area contributed by atoms with Gasteiger partial charge in [0, 0.05) is 49.5 Å². The van der Waals surface area contributed by atoms with E-state index >= 15 is 0 Å². The fourth-order valence-corrected chi connectivity index (χ4v) is 4.63. The Morgan fingerprint density at radius 1 is 0.977 bits per heavy atom. The van der Waals surface area contributed by atoms with Crippen molar-refractivity contribution in [1.29, 1.82) is 0 Å². The van der Waals surface area contributed by atoms with Crippen LogP contribution in [0.4, 0.5) is 37.7 Å². The molecule has 0 radical (unpaired) electrons. The van der Waals surface area contributed by atoms with E-state index in [1.165, 1.54) is 7.11 Å². The highest BCUT2D eigenvalue weighted by Gasteiger charge is 2.40. The molecule has 15 heteroatoms. The number of nitrogens with two attached hydrogens (primary N) is 1. The monoisotopic (exact) mass is 615 g/mol. The molecule has 9 nitrogen and oxygen atoms in total. The predicted molar refractivity (Wildman–Crippen MR) is 146 cm³/mol. The quantitative estimate of drug-likeness (QED) is 0.196. The van der Waals surface area contributed by atoms with E-state index in [1.54, 1.807) is 48.5 Å². The lowest BCUT2D eigenvalue weighted by atomic mass is 9.83. The number of ether oxygens (including phenoxy) is 1. The third kappa shape index (κ3) is 9.70. The van der Waals surface area contributed by atoms with Crippen LogP contribution in [0.2, 0.25) is 0 Å². The Hall–Kier alpha value is -4.14. The average molecular weight is 616 g/mol. The zero-order chi connectivity index (χ0) is 31.8. The first-order valence-electron chi connectivity index (χ1n) is 13.2. The van der Waals surface area contributed by atoms with Crippen molar-refractivity contribution in [2.45, 2.75) is 44.2 Å². The molecule has 0 saturated carbocycles. The molecule has 234 valence electrons. The molecule has 0 fully saturated rings. The minimum atomic E-state index is -4.78. The zero-order valence-electron chi connectivity index (χ0n) is 23.0. The van der Waals surface area contributed by atoms with E-state index in [4.69, 9.17) is 10.5 Å². The highest BCUT2D eigenvalue weighted by atomic mass is 19.4. The lowest BCUT2D eigenvalue weighted by Gasteiger charge is -2.26. The van der Waals surface area contributed by atoms with Gasteiger partial charge in [-0.2, -0.15) is 26.3 Å². The van der Waals surface area contributed by atoms with E-state index in [2.05, 4.69) is 20.9 Å². The maximum absolute atomic E-state index is 13.4. The molecule has 0 aliphatic carbocycles. The van der Waals surface area contributed by atoms with Gasteiger partial charge in [0.2, 0.25) is 18.0 Å². The number of aliphatic imine (C=N–C) groups is 1. The van der Waals surface area contributed by atoms with Crippen molar-refractivity contribution in [3.63, 3.8) is 0 Å². The molecule has 0 saturated heterocycles. The lowest BCUT2D eigenvalue weighted by Crippen LogP contribution is -2.48. The number of carbonyl (C=O) groups excluding carboxylic acids is 3. The second kappa shape index (κ2) is 14.4. The number of benzene rings is 2. The van der Waals surface area contributed by atoms with Crippen LogP contribution in [0.3, 0.4) is 0 Å². The Kier molecular flexibility index (Phi) is 11.1. The summed E-state index contributed by atoms with van der Waals surface area (Å²) < 4.78 is 83.2. The summed E-state index contributed by atoms with van der Waals surface area (Å²) in [6.45, 7) is 0.707. The van der Waals surface area contributed by atoms with Gasteiger partial charge in [-0.05, 0) is 18.9 Å². The summed E-state index contributed by atoms with van der Waals surface area (Å²) in [6.07, 6.45) is -16.4. The van der Waals surface area contributed by atoms with Gasteiger partial charge in [-0.3, -0.25) is 14.4 Å². The van der Waals surface area contributed by atoms with Gasteiger partial charge >= 0.3 is 12.4 Å². The normalized spacial score (nSPS) is 16.7. The number of rotatable bonds is 13. The summed E-state index contributed by atoms with van der Waals surface area (Å²) in [4.78, 5) is 43.3. The second-order valence-corrected chi connectivity index (χ2v) is 9.81. The fourth-order valence-electron chi connectivity index (χ4n) is 4.63. The third-order valence-electron chi connectivity index (χ3n) is 6.69. The number of hydrogen-bond donors (Lipinski definition) is 4. The number of benzodiazepines with no additional fused rings is 1. The Labute approximate surface area is 243 Å². The highest BCUT2D eigenvalue weighted by Crippen LogP contribution is 2.34. The van der Waals surface area contributed by atoms with E-state index in [9.17, 15) is 40.7 Å². The van der Waals surface area contributed by atoms with Crippen LogP contribution in [-0.4, -0.2) is 62.2 Å². The molecule has 3 rings (SSSR count).